The van der Waals surface area contributed by atoms with Gasteiger partial charge in [0.15, 0.2) is 5.03 Å². The summed E-state index contributed by atoms with van der Waals surface area (Å²) in [5.74, 6) is 0.330. The second-order valence-corrected chi connectivity index (χ2v) is 5.32. The molecule has 0 fully saturated rings. The minimum atomic E-state index is -3.43. The maximum absolute atomic E-state index is 11.8. The average Bonchev–Trinajstić information content (AvgIpc) is 2.28. The monoisotopic (exact) mass is 248 g/mol. The fourth-order valence-electron chi connectivity index (χ4n) is 0.972. The van der Waals surface area contributed by atoms with E-state index in [0.29, 0.717) is 12.4 Å². The summed E-state index contributed by atoms with van der Waals surface area (Å²) in [6.07, 6.45) is 1.48. The van der Waals surface area contributed by atoms with Crippen molar-refractivity contribution in [1.82, 2.24) is 9.29 Å². The molecule has 4 nitrogen and oxygen atoms in total. The Kier molecular flexibility index (Phi) is 4.07. The van der Waals surface area contributed by atoms with Crippen molar-refractivity contribution in [2.45, 2.75) is 17.8 Å². The first-order valence-electron chi connectivity index (χ1n) is 4.49. The normalized spacial score (nSPS) is 12.0. The lowest BCUT2D eigenvalue weighted by molar-refractivity contribution is 0.483. The predicted octanol–water partition coefficient (Wildman–Crippen LogP) is 1.46. The number of rotatable bonds is 4. The van der Waals surface area contributed by atoms with Crippen LogP contribution in [0.2, 0.25) is 0 Å². The molecule has 1 heterocycles. The number of aromatic nitrogens is 1. The van der Waals surface area contributed by atoms with E-state index < -0.39 is 10.0 Å². The van der Waals surface area contributed by atoms with Crippen LogP contribution in [0.3, 0.4) is 0 Å². The minimum absolute atomic E-state index is 0.0562. The highest BCUT2D eigenvalue weighted by atomic mass is 35.5. The summed E-state index contributed by atoms with van der Waals surface area (Å²) >= 11 is 5.58. The number of halogens is 1. The molecule has 1 aromatic heterocycles. The molecule has 0 N–H and O–H groups in total. The van der Waals surface area contributed by atoms with Crippen LogP contribution in [0, 0.1) is 0 Å². The SMILES string of the molecule is CCN(C)S(=O)(=O)c1ccc(CCl)cn1. The van der Waals surface area contributed by atoms with Gasteiger partial charge in [-0.15, -0.1) is 11.6 Å². The van der Waals surface area contributed by atoms with Crippen LogP contribution in [0.4, 0.5) is 0 Å². The Balaban J connectivity index is 3.06. The Hall–Kier alpha value is -0.650. The lowest BCUT2D eigenvalue weighted by Crippen LogP contribution is -2.27. The maximum Gasteiger partial charge on any atom is 0.260 e. The zero-order valence-electron chi connectivity index (χ0n) is 8.64. The Labute approximate surface area is 94.9 Å². The molecule has 0 saturated heterocycles. The number of pyridine rings is 1. The molecule has 84 valence electrons. The van der Waals surface area contributed by atoms with Crippen LogP contribution in [-0.2, 0) is 15.9 Å². The van der Waals surface area contributed by atoms with Gasteiger partial charge in [0, 0.05) is 25.7 Å². The average molecular weight is 249 g/mol. The van der Waals surface area contributed by atoms with Gasteiger partial charge < -0.3 is 0 Å². The van der Waals surface area contributed by atoms with Gasteiger partial charge in [0.1, 0.15) is 0 Å². The number of hydrogen-bond donors (Lipinski definition) is 0. The van der Waals surface area contributed by atoms with Crippen molar-refractivity contribution in [1.29, 1.82) is 0 Å². The van der Waals surface area contributed by atoms with Crippen molar-refractivity contribution in [2.75, 3.05) is 13.6 Å². The van der Waals surface area contributed by atoms with E-state index in [0.717, 1.165) is 5.56 Å². The summed E-state index contributed by atoms with van der Waals surface area (Å²) in [4.78, 5) is 3.88. The summed E-state index contributed by atoms with van der Waals surface area (Å²) < 4.78 is 24.8. The summed E-state index contributed by atoms with van der Waals surface area (Å²) in [6.45, 7) is 2.19. The minimum Gasteiger partial charge on any atom is -0.243 e. The molecule has 0 radical (unpaired) electrons. The van der Waals surface area contributed by atoms with Gasteiger partial charge >= 0.3 is 0 Å². The third-order valence-electron chi connectivity index (χ3n) is 2.07. The van der Waals surface area contributed by atoms with Gasteiger partial charge in [-0.2, -0.15) is 4.31 Å². The first-order valence-corrected chi connectivity index (χ1v) is 6.47. The van der Waals surface area contributed by atoms with E-state index in [1.807, 2.05) is 0 Å². The van der Waals surface area contributed by atoms with Gasteiger partial charge in [0.25, 0.3) is 10.0 Å². The van der Waals surface area contributed by atoms with E-state index in [1.54, 1.807) is 13.0 Å². The van der Waals surface area contributed by atoms with Crippen LogP contribution in [0.15, 0.2) is 23.4 Å². The van der Waals surface area contributed by atoms with Gasteiger partial charge in [-0.05, 0) is 11.6 Å². The van der Waals surface area contributed by atoms with E-state index in [9.17, 15) is 8.42 Å². The highest BCUT2D eigenvalue weighted by molar-refractivity contribution is 7.89. The predicted molar refractivity (Wildman–Crippen MR) is 59.3 cm³/mol. The molecule has 1 rings (SSSR count). The molecule has 0 saturated carbocycles. The second-order valence-electron chi connectivity index (χ2n) is 3.06. The number of sulfonamides is 1. The van der Waals surface area contributed by atoms with Crippen LogP contribution in [-0.4, -0.2) is 31.3 Å². The maximum atomic E-state index is 11.8. The lowest BCUT2D eigenvalue weighted by Gasteiger charge is -2.13. The smallest absolute Gasteiger partial charge is 0.243 e. The Morgan fingerprint density at radius 2 is 2.13 bits per heavy atom. The van der Waals surface area contributed by atoms with Gasteiger partial charge in [-0.1, -0.05) is 13.0 Å². The quantitative estimate of drug-likeness (QED) is 0.758. The van der Waals surface area contributed by atoms with Crippen molar-refractivity contribution in [3.63, 3.8) is 0 Å². The lowest BCUT2D eigenvalue weighted by atomic mass is 10.3. The molecule has 0 unspecified atom stereocenters. The van der Waals surface area contributed by atoms with Gasteiger partial charge in [0.2, 0.25) is 0 Å². The van der Waals surface area contributed by atoms with Crippen LogP contribution in [0.5, 0.6) is 0 Å². The van der Waals surface area contributed by atoms with Crippen molar-refractivity contribution in [3.05, 3.63) is 23.9 Å². The fourth-order valence-corrected chi connectivity index (χ4v) is 2.22. The van der Waals surface area contributed by atoms with Crippen molar-refractivity contribution < 1.29 is 8.42 Å². The van der Waals surface area contributed by atoms with E-state index in [4.69, 9.17) is 11.6 Å². The topological polar surface area (TPSA) is 50.3 Å². The summed E-state index contributed by atoms with van der Waals surface area (Å²) in [5.41, 5.74) is 0.801. The largest absolute Gasteiger partial charge is 0.260 e. The molecule has 0 aliphatic carbocycles. The summed E-state index contributed by atoms with van der Waals surface area (Å²) in [5, 5.41) is 0.0562. The first-order chi connectivity index (χ1) is 7.02. The molecule has 6 heteroatoms. The summed E-state index contributed by atoms with van der Waals surface area (Å²) in [7, 11) is -1.91. The van der Waals surface area contributed by atoms with Crippen LogP contribution >= 0.6 is 11.6 Å². The van der Waals surface area contributed by atoms with Gasteiger partial charge in [-0.25, -0.2) is 13.4 Å². The number of alkyl halides is 1. The molecule has 15 heavy (non-hydrogen) atoms. The molecule has 0 aliphatic heterocycles. The third kappa shape index (κ3) is 2.68. The molecule has 0 atom stereocenters. The molecule has 0 aliphatic rings. The van der Waals surface area contributed by atoms with Crippen LogP contribution in [0.1, 0.15) is 12.5 Å². The third-order valence-corrected chi connectivity index (χ3v) is 4.23. The highest BCUT2D eigenvalue weighted by Crippen LogP contribution is 2.12. The highest BCUT2D eigenvalue weighted by Gasteiger charge is 2.20. The molecular formula is C9H13ClN2O2S. The van der Waals surface area contributed by atoms with Crippen LogP contribution < -0.4 is 0 Å². The molecular weight excluding hydrogens is 236 g/mol. The molecule has 1 aromatic rings. The fraction of sp³-hybridized carbons (Fsp3) is 0.444. The Morgan fingerprint density at radius 3 is 2.53 bits per heavy atom. The van der Waals surface area contributed by atoms with Crippen molar-refractivity contribution >= 4 is 21.6 Å². The van der Waals surface area contributed by atoms with E-state index in [1.165, 1.54) is 23.6 Å². The van der Waals surface area contributed by atoms with Crippen LogP contribution in [0.25, 0.3) is 0 Å². The zero-order valence-corrected chi connectivity index (χ0v) is 10.2. The van der Waals surface area contributed by atoms with Gasteiger partial charge in [-0.3, -0.25) is 0 Å². The Bertz CT molecular complexity index is 416. The standard InChI is InChI=1S/C9H13ClN2O2S/c1-3-12(2)15(13,14)9-5-4-8(6-10)7-11-9/h4-5,7H,3,6H2,1-2H3. The summed E-state index contributed by atoms with van der Waals surface area (Å²) in [6, 6.07) is 3.13. The van der Waals surface area contributed by atoms with E-state index in [-0.39, 0.29) is 5.03 Å². The van der Waals surface area contributed by atoms with Crippen molar-refractivity contribution in [3.8, 4) is 0 Å². The molecule has 0 bridgehead atoms. The van der Waals surface area contributed by atoms with Gasteiger partial charge in [0.05, 0.1) is 0 Å². The number of hydrogen-bond acceptors (Lipinski definition) is 3. The van der Waals surface area contributed by atoms with E-state index >= 15 is 0 Å². The van der Waals surface area contributed by atoms with E-state index in [2.05, 4.69) is 4.98 Å². The first kappa shape index (κ1) is 12.4. The Morgan fingerprint density at radius 1 is 1.47 bits per heavy atom. The molecule has 0 amide bonds. The van der Waals surface area contributed by atoms with Crippen molar-refractivity contribution in [2.24, 2.45) is 0 Å². The molecule has 0 spiro atoms. The molecule has 0 aromatic carbocycles. The second kappa shape index (κ2) is 4.92. The number of nitrogens with zero attached hydrogens (tertiary/aromatic N) is 2. The zero-order chi connectivity index (χ0) is 11.5.